The molecular weight excluding hydrogens is 183 g/mol. The van der Waals surface area contributed by atoms with Crippen molar-refractivity contribution in [3.05, 3.63) is 35.9 Å². The van der Waals surface area contributed by atoms with Crippen LogP contribution < -0.4 is 29.6 Å². The summed E-state index contributed by atoms with van der Waals surface area (Å²) in [7, 11) is 0. The van der Waals surface area contributed by atoms with Crippen LogP contribution in [0.2, 0.25) is 0 Å². The first kappa shape index (κ1) is 14.9. The second-order valence-corrected chi connectivity index (χ2v) is 1.93. The van der Waals surface area contributed by atoms with Gasteiger partial charge in [-0.2, -0.15) is 0 Å². The molecule has 0 atom stereocenters. The molecule has 0 aliphatic heterocycles. The normalized spacial score (nSPS) is 7.46. The van der Waals surface area contributed by atoms with E-state index in [2.05, 4.69) is 0 Å². The third-order valence-electron chi connectivity index (χ3n) is 1.03. The number of rotatable bonds is 1. The smallest absolute Gasteiger partial charge is 1.00 e. The summed E-state index contributed by atoms with van der Waals surface area (Å²) in [4.78, 5) is 8.56. The number of carbonyl (C=O) groups is 1. The van der Waals surface area contributed by atoms with Crippen LogP contribution in [-0.2, 0) is 6.61 Å². The predicted molar refractivity (Wildman–Crippen MR) is 44.1 cm³/mol. The van der Waals surface area contributed by atoms with Crippen molar-refractivity contribution in [2.45, 2.75) is 6.61 Å². The van der Waals surface area contributed by atoms with Crippen LogP contribution in [0.4, 0.5) is 4.79 Å². The summed E-state index contributed by atoms with van der Waals surface area (Å²) < 4.78 is 0. The van der Waals surface area contributed by atoms with E-state index in [1.54, 1.807) is 0 Å². The molecule has 0 amide bonds. The third kappa shape index (κ3) is 11.5. The minimum absolute atomic E-state index is 0. The number of hydrogen-bond acceptors (Lipinski definition) is 2. The van der Waals surface area contributed by atoms with Gasteiger partial charge in [0.25, 0.3) is 0 Å². The van der Waals surface area contributed by atoms with Gasteiger partial charge in [-0.05, 0) is 5.56 Å². The molecular formula is C8H11NaO4. The maximum Gasteiger partial charge on any atom is 1.00 e. The van der Waals surface area contributed by atoms with Gasteiger partial charge in [0.15, 0.2) is 0 Å². The van der Waals surface area contributed by atoms with E-state index < -0.39 is 6.16 Å². The van der Waals surface area contributed by atoms with E-state index in [-0.39, 0.29) is 37.6 Å². The van der Waals surface area contributed by atoms with Crippen molar-refractivity contribution in [1.29, 1.82) is 0 Å². The first-order chi connectivity index (χ1) is 5.66. The van der Waals surface area contributed by atoms with E-state index in [0.717, 1.165) is 5.56 Å². The van der Waals surface area contributed by atoms with Gasteiger partial charge in [0.2, 0.25) is 0 Å². The largest absolute Gasteiger partial charge is 1.00 e. The van der Waals surface area contributed by atoms with Gasteiger partial charge in [-0.25, -0.2) is 4.79 Å². The Labute approximate surface area is 99.6 Å². The number of aliphatic hydroxyl groups excluding tert-OH is 1. The Hall–Kier alpha value is -0.550. The van der Waals surface area contributed by atoms with E-state index in [0.29, 0.717) is 0 Å². The summed E-state index contributed by atoms with van der Waals surface area (Å²) in [6.07, 6.45) is -1.83. The Morgan fingerprint density at radius 1 is 1.23 bits per heavy atom. The summed E-state index contributed by atoms with van der Waals surface area (Å²) >= 11 is 0. The van der Waals surface area contributed by atoms with Gasteiger partial charge in [0, 0.05) is 0 Å². The summed E-state index contributed by atoms with van der Waals surface area (Å²) in [5, 5.41) is 22.5. The number of aliphatic hydroxyl groups is 1. The van der Waals surface area contributed by atoms with Crippen LogP contribution in [-0.4, -0.2) is 21.5 Å². The minimum Gasteiger partial charge on any atom is -1.00 e. The molecule has 1 rings (SSSR count). The van der Waals surface area contributed by atoms with Crippen LogP contribution in [0.25, 0.3) is 0 Å². The molecule has 0 unspecified atom stereocenters. The van der Waals surface area contributed by atoms with E-state index in [1.165, 1.54) is 0 Å². The molecule has 0 fully saturated rings. The SMILES string of the molecule is O=C(O)O.OCc1ccccc1.[H-].[Na+]. The summed E-state index contributed by atoms with van der Waals surface area (Å²) in [5.74, 6) is 0. The van der Waals surface area contributed by atoms with Crippen molar-refractivity contribution in [2.75, 3.05) is 0 Å². The van der Waals surface area contributed by atoms with Crippen molar-refractivity contribution >= 4 is 6.16 Å². The van der Waals surface area contributed by atoms with Crippen LogP contribution >= 0.6 is 0 Å². The second-order valence-electron chi connectivity index (χ2n) is 1.93. The number of hydrogen-bond donors (Lipinski definition) is 3. The van der Waals surface area contributed by atoms with Gasteiger partial charge in [0.1, 0.15) is 0 Å². The Morgan fingerprint density at radius 2 is 1.62 bits per heavy atom. The van der Waals surface area contributed by atoms with E-state index in [9.17, 15) is 0 Å². The second kappa shape index (κ2) is 9.54. The minimum atomic E-state index is -1.83. The van der Waals surface area contributed by atoms with Crippen molar-refractivity contribution in [3.8, 4) is 0 Å². The zero-order chi connectivity index (χ0) is 9.40. The molecule has 0 saturated carbocycles. The molecule has 0 spiro atoms. The molecule has 13 heavy (non-hydrogen) atoms. The van der Waals surface area contributed by atoms with E-state index >= 15 is 0 Å². The molecule has 0 aliphatic rings. The quantitative estimate of drug-likeness (QED) is 0.476. The fraction of sp³-hybridized carbons (Fsp3) is 0.125. The average molecular weight is 194 g/mol. The molecule has 0 heterocycles. The van der Waals surface area contributed by atoms with Crippen molar-refractivity contribution in [2.24, 2.45) is 0 Å². The molecule has 0 radical (unpaired) electrons. The van der Waals surface area contributed by atoms with Crippen molar-refractivity contribution < 1.29 is 51.1 Å². The van der Waals surface area contributed by atoms with Gasteiger partial charge >= 0.3 is 35.7 Å². The van der Waals surface area contributed by atoms with Crippen LogP contribution in [0.15, 0.2) is 30.3 Å². The molecule has 3 N–H and O–H groups in total. The monoisotopic (exact) mass is 194 g/mol. The Kier molecular flexibility index (Phi) is 11.0. The summed E-state index contributed by atoms with van der Waals surface area (Å²) in [6.45, 7) is 0.140. The predicted octanol–water partition coefficient (Wildman–Crippen LogP) is -1.48. The van der Waals surface area contributed by atoms with Gasteiger partial charge in [-0.3, -0.25) is 0 Å². The van der Waals surface area contributed by atoms with Gasteiger partial charge in [-0.15, -0.1) is 0 Å². The number of carboxylic acid groups (broad SMARTS) is 2. The topological polar surface area (TPSA) is 77.8 Å². The zero-order valence-corrected chi connectivity index (χ0v) is 9.34. The van der Waals surface area contributed by atoms with Crippen LogP contribution in [0.5, 0.6) is 0 Å². The van der Waals surface area contributed by atoms with E-state index in [4.69, 9.17) is 20.1 Å². The zero-order valence-electron chi connectivity index (χ0n) is 8.34. The van der Waals surface area contributed by atoms with Gasteiger partial charge < -0.3 is 16.7 Å². The molecule has 1 aromatic rings. The Balaban J connectivity index is -0.000000180. The molecule has 68 valence electrons. The first-order valence-corrected chi connectivity index (χ1v) is 3.23. The summed E-state index contributed by atoms with van der Waals surface area (Å²) in [6, 6.07) is 9.52. The van der Waals surface area contributed by atoms with Crippen LogP contribution in [0.3, 0.4) is 0 Å². The fourth-order valence-corrected chi connectivity index (χ4v) is 0.583. The van der Waals surface area contributed by atoms with Gasteiger partial charge in [-0.1, -0.05) is 30.3 Å². The van der Waals surface area contributed by atoms with Crippen molar-refractivity contribution in [3.63, 3.8) is 0 Å². The third-order valence-corrected chi connectivity index (χ3v) is 1.03. The first-order valence-electron chi connectivity index (χ1n) is 3.23. The van der Waals surface area contributed by atoms with E-state index in [1.807, 2.05) is 30.3 Å². The standard InChI is InChI=1S/C7H8O.CH2O3.Na.H/c8-6-7-4-2-1-3-5-7;2-1(3)4;;/h1-5,8H,6H2;(H2,2,3,4);;/q;;+1;-1. The Bertz CT molecular complexity index is 226. The number of benzene rings is 1. The van der Waals surface area contributed by atoms with Crippen LogP contribution in [0.1, 0.15) is 6.99 Å². The molecule has 0 aliphatic carbocycles. The molecule has 0 aromatic heterocycles. The summed E-state index contributed by atoms with van der Waals surface area (Å²) in [5.41, 5.74) is 0.965. The Morgan fingerprint density at radius 3 is 1.85 bits per heavy atom. The fourth-order valence-electron chi connectivity index (χ4n) is 0.583. The average Bonchev–Trinajstić information content (AvgIpc) is 2.05. The van der Waals surface area contributed by atoms with Crippen molar-refractivity contribution in [1.82, 2.24) is 0 Å². The maximum atomic E-state index is 8.56. The van der Waals surface area contributed by atoms with Crippen LogP contribution in [0, 0.1) is 0 Å². The maximum absolute atomic E-state index is 8.56. The molecule has 5 heteroatoms. The van der Waals surface area contributed by atoms with Gasteiger partial charge in [0.05, 0.1) is 6.61 Å². The molecule has 0 saturated heterocycles. The molecule has 1 aromatic carbocycles. The molecule has 4 nitrogen and oxygen atoms in total. The molecule has 0 bridgehead atoms.